The summed E-state index contributed by atoms with van der Waals surface area (Å²) < 4.78 is 12.7. The highest BCUT2D eigenvalue weighted by molar-refractivity contribution is 5.68. The van der Waals surface area contributed by atoms with Crippen molar-refractivity contribution in [2.45, 2.75) is 46.0 Å². The number of benzene rings is 1. The van der Waals surface area contributed by atoms with Gasteiger partial charge in [0.25, 0.3) is 0 Å². The van der Waals surface area contributed by atoms with E-state index < -0.39 is 6.09 Å². The van der Waals surface area contributed by atoms with Crippen LogP contribution in [0.4, 0.5) is 4.79 Å². The zero-order chi connectivity index (χ0) is 18.6. The molecule has 0 saturated heterocycles. The number of hydrogen-bond acceptors (Lipinski definition) is 4. The van der Waals surface area contributed by atoms with Crippen LogP contribution in [-0.2, 0) is 4.74 Å². The lowest BCUT2D eigenvalue weighted by molar-refractivity contribution is 0.154. The number of aromatic nitrogens is 2. The van der Waals surface area contributed by atoms with Gasteiger partial charge >= 0.3 is 6.09 Å². The van der Waals surface area contributed by atoms with Crippen LogP contribution in [0.25, 0.3) is 5.69 Å². The number of rotatable bonds is 9. The van der Waals surface area contributed by atoms with Gasteiger partial charge in [0.05, 0.1) is 30.5 Å². The molecule has 0 atom stereocenters. The van der Waals surface area contributed by atoms with Gasteiger partial charge in [-0.25, -0.2) is 9.48 Å². The minimum absolute atomic E-state index is 0.389. The Kier molecular flexibility index (Phi) is 8.39. The molecule has 0 spiro atoms. The molecule has 0 aliphatic heterocycles. The largest absolute Gasteiger partial charge is 0.478 e. The van der Waals surface area contributed by atoms with Gasteiger partial charge in [-0.1, -0.05) is 51.3 Å². The van der Waals surface area contributed by atoms with E-state index in [4.69, 9.17) is 9.47 Å². The maximum absolute atomic E-state index is 11.8. The molecule has 0 bridgehead atoms. The zero-order valence-corrected chi connectivity index (χ0v) is 15.6. The molecule has 1 aromatic carbocycles. The Balaban J connectivity index is 2.19. The Morgan fingerprint density at radius 2 is 1.85 bits per heavy atom. The highest BCUT2D eigenvalue weighted by Gasteiger charge is 2.06. The first kappa shape index (κ1) is 19.7. The van der Waals surface area contributed by atoms with E-state index in [9.17, 15) is 4.79 Å². The van der Waals surface area contributed by atoms with Gasteiger partial charge in [0.2, 0.25) is 5.88 Å². The summed E-state index contributed by atoms with van der Waals surface area (Å²) in [5, 5.41) is 4.80. The number of amides is 1. The van der Waals surface area contributed by atoms with Crippen LogP contribution in [0.5, 0.6) is 5.88 Å². The molecular formula is C20H27N3O3. The molecule has 0 N–H and O–H groups in total. The fourth-order valence-corrected chi connectivity index (χ4v) is 2.30. The quantitative estimate of drug-likeness (QED) is 0.628. The van der Waals surface area contributed by atoms with Crippen LogP contribution in [0.2, 0.25) is 0 Å². The van der Waals surface area contributed by atoms with Crippen LogP contribution in [0.1, 0.15) is 46.0 Å². The zero-order valence-electron chi connectivity index (χ0n) is 15.6. The molecule has 2 rings (SSSR count). The number of para-hydroxylation sites is 1. The average molecular weight is 357 g/mol. The number of hydrogen-bond donors (Lipinski definition) is 0. The van der Waals surface area contributed by atoms with Crippen LogP contribution < -0.4 is 10.1 Å². The summed E-state index contributed by atoms with van der Waals surface area (Å²) in [4.78, 5) is 15.8. The van der Waals surface area contributed by atoms with Crippen LogP contribution in [-0.4, -0.2) is 29.1 Å². The summed E-state index contributed by atoms with van der Waals surface area (Å²) in [6.45, 7) is 5.17. The molecule has 1 aromatic heterocycles. The second kappa shape index (κ2) is 11.1. The second-order valence-corrected chi connectivity index (χ2v) is 5.93. The molecular weight excluding hydrogens is 330 g/mol. The van der Waals surface area contributed by atoms with E-state index in [1.54, 1.807) is 10.7 Å². The molecule has 0 aliphatic rings. The van der Waals surface area contributed by atoms with Gasteiger partial charge in [-0.05, 0) is 25.0 Å². The summed E-state index contributed by atoms with van der Waals surface area (Å²) in [5.41, 5.74) is 0.882. The van der Waals surface area contributed by atoms with E-state index in [0.29, 0.717) is 24.5 Å². The van der Waals surface area contributed by atoms with Crippen molar-refractivity contribution in [3.05, 3.63) is 48.0 Å². The molecule has 6 nitrogen and oxygen atoms in total. The third kappa shape index (κ3) is 6.35. The minimum Gasteiger partial charge on any atom is -0.478 e. The van der Waals surface area contributed by atoms with Gasteiger partial charge in [0.15, 0.2) is 0 Å². The van der Waals surface area contributed by atoms with E-state index in [-0.39, 0.29) is 0 Å². The number of ether oxygens (including phenoxy) is 2. The van der Waals surface area contributed by atoms with Crippen molar-refractivity contribution in [2.24, 2.45) is 4.99 Å². The number of carbonyl (C=O) groups is 1. The highest BCUT2D eigenvalue weighted by atomic mass is 16.5. The van der Waals surface area contributed by atoms with Gasteiger partial charge < -0.3 is 9.47 Å². The summed E-state index contributed by atoms with van der Waals surface area (Å²) >= 11 is 0. The molecule has 0 unspecified atom stereocenters. The number of carbonyl (C=O) groups excluding carboxylic acids is 1. The van der Waals surface area contributed by atoms with Crippen LogP contribution in [0.3, 0.4) is 0 Å². The van der Waals surface area contributed by atoms with Gasteiger partial charge in [-0.3, -0.25) is 0 Å². The van der Waals surface area contributed by atoms with Crippen LogP contribution >= 0.6 is 0 Å². The summed E-state index contributed by atoms with van der Waals surface area (Å²) in [6, 6.07) is 11.4. The summed E-state index contributed by atoms with van der Waals surface area (Å²) in [6.07, 6.45) is 5.88. The lowest BCUT2D eigenvalue weighted by Gasteiger charge is -2.13. The lowest BCUT2D eigenvalue weighted by atomic mass is 10.3. The van der Waals surface area contributed by atoms with Crippen LogP contribution in [0.15, 0.2) is 47.6 Å². The first-order valence-electron chi connectivity index (χ1n) is 9.23. The highest BCUT2D eigenvalue weighted by Crippen LogP contribution is 2.14. The maximum atomic E-state index is 11.8. The first-order chi connectivity index (χ1) is 12.7. The van der Waals surface area contributed by atoms with E-state index in [0.717, 1.165) is 37.8 Å². The van der Waals surface area contributed by atoms with Gasteiger partial charge in [0, 0.05) is 6.07 Å². The molecule has 26 heavy (non-hydrogen) atoms. The van der Waals surface area contributed by atoms with Crippen molar-refractivity contribution in [1.29, 1.82) is 0 Å². The predicted octanol–water partition coefficient (Wildman–Crippen LogP) is 4.28. The van der Waals surface area contributed by atoms with Gasteiger partial charge in [0.1, 0.15) is 0 Å². The Bertz CT molecular complexity index is 741. The molecule has 1 heterocycles. The van der Waals surface area contributed by atoms with Crippen molar-refractivity contribution >= 4 is 6.09 Å². The Morgan fingerprint density at radius 1 is 1.08 bits per heavy atom. The minimum atomic E-state index is -0.597. The van der Waals surface area contributed by atoms with Crippen molar-refractivity contribution in [3.63, 3.8) is 0 Å². The van der Waals surface area contributed by atoms with E-state index in [1.807, 2.05) is 30.3 Å². The first-order valence-corrected chi connectivity index (χ1v) is 9.23. The number of nitrogens with zero attached hydrogens (tertiary/aromatic N) is 3. The van der Waals surface area contributed by atoms with E-state index >= 15 is 0 Å². The van der Waals surface area contributed by atoms with Gasteiger partial charge in [-0.15, -0.1) is 0 Å². The predicted molar refractivity (Wildman–Crippen MR) is 100 cm³/mol. The Labute approximate surface area is 154 Å². The lowest BCUT2D eigenvalue weighted by Crippen LogP contribution is -2.16. The molecule has 0 aliphatic carbocycles. The summed E-state index contributed by atoms with van der Waals surface area (Å²) in [7, 11) is 0. The molecule has 0 fully saturated rings. The topological polar surface area (TPSA) is 65.7 Å². The molecule has 0 saturated carbocycles. The number of unbranched alkanes of at least 4 members (excludes halogenated alkanes) is 3. The Morgan fingerprint density at radius 3 is 2.58 bits per heavy atom. The molecule has 140 valence electrons. The molecule has 6 heteroatoms. The maximum Gasteiger partial charge on any atom is 0.434 e. The van der Waals surface area contributed by atoms with Crippen molar-refractivity contribution in [1.82, 2.24) is 9.78 Å². The molecule has 1 amide bonds. The van der Waals surface area contributed by atoms with Crippen LogP contribution in [0, 0.1) is 0 Å². The van der Waals surface area contributed by atoms with Crippen molar-refractivity contribution < 1.29 is 14.3 Å². The third-order valence-electron chi connectivity index (χ3n) is 3.73. The third-order valence-corrected chi connectivity index (χ3v) is 3.73. The average Bonchev–Trinajstić information content (AvgIpc) is 2.66. The fraction of sp³-hybridized carbons (Fsp3) is 0.450. The van der Waals surface area contributed by atoms with E-state index in [1.165, 1.54) is 6.20 Å². The second-order valence-electron chi connectivity index (χ2n) is 5.93. The smallest absolute Gasteiger partial charge is 0.434 e. The molecule has 2 aromatic rings. The monoisotopic (exact) mass is 357 g/mol. The summed E-state index contributed by atoms with van der Waals surface area (Å²) in [5.74, 6) is 0.546. The Hall–Kier alpha value is -2.63. The van der Waals surface area contributed by atoms with Gasteiger partial charge in [-0.2, -0.15) is 10.1 Å². The van der Waals surface area contributed by atoms with E-state index in [2.05, 4.69) is 23.9 Å². The fourth-order valence-electron chi connectivity index (χ4n) is 2.30. The van der Waals surface area contributed by atoms with Crippen molar-refractivity contribution in [2.75, 3.05) is 13.2 Å². The SMILES string of the molecule is CCCCCOC(=O)N=c1cnn(-c2ccccc2)c(OCCCC)c1. The van der Waals surface area contributed by atoms with Crippen molar-refractivity contribution in [3.8, 4) is 11.6 Å². The standard InChI is InChI=1S/C20H27N3O3/c1-3-5-10-14-26-20(24)22-17-15-19(25-13-6-4-2)23(21-16-17)18-11-8-7-9-12-18/h7-9,11-12,15-16H,3-6,10,13-14H2,1-2H3. The normalized spacial score (nSPS) is 11.4. The molecule has 0 radical (unpaired) electrons.